The number of hydrogen-bond acceptors (Lipinski definition) is 4. The molecule has 0 atom stereocenters. The van der Waals surface area contributed by atoms with Crippen molar-refractivity contribution in [1.29, 1.82) is 0 Å². The zero-order valence-electron chi connectivity index (χ0n) is 11.6. The zero-order valence-corrected chi connectivity index (χ0v) is 11.6. The number of fused-ring (bicyclic) bond motifs is 1. The van der Waals surface area contributed by atoms with E-state index in [9.17, 15) is 0 Å². The van der Waals surface area contributed by atoms with Gasteiger partial charge < -0.3 is 15.4 Å². The minimum atomic E-state index is 0.885. The van der Waals surface area contributed by atoms with Crippen LogP contribution in [-0.2, 0) is 0 Å². The van der Waals surface area contributed by atoms with E-state index in [1.165, 1.54) is 0 Å². The van der Waals surface area contributed by atoms with Gasteiger partial charge >= 0.3 is 0 Å². The average molecular weight is 259 g/mol. The fraction of sp³-hybridized carbons (Fsp3) is 0.400. The maximum atomic E-state index is 5.37. The SMILES string of the molecule is CCNCCCNc1nccc2c(OC)cccc12. The van der Waals surface area contributed by atoms with Crippen LogP contribution < -0.4 is 15.4 Å². The van der Waals surface area contributed by atoms with Crippen molar-refractivity contribution in [2.24, 2.45) is 0 Å². The van der Waals surface area contributed by atoms with Gasteiger partial charge in [-0.1, -0.05) is 19.1 Å². The van der Waals surface area contributed by atoms with E-state index in [1.54, 1.807) is 7.11 Å². The van der Waals surface area contributed by atoms with Gasteiger partial charge in [0.15, 0.2) is 0 Å². The van der Waals surface area contributed by atoms with Crippen LogP contribution in [0.1, 0.15) is 13.3 Å². The van der Waals surface area contributed by atoms with Crippen molar-refractivity contribution in [2.45, 2.75) is 13.3 Å². The molecule has 2 rings (SSSR count). The number of pyridine rings is 1. The minimum absolute atomic E-state index is 0.885. The number of benzene rings is 1. The lowest BCUT2D eigenvalue weighted by atomic mass is 10.1. The van der Waals surface area contributed by atoms with Crippen molar-refractivity contribution >= 4 is 16.6 Å². The van der Waals surface area contributed by atoms with E-state index in [-0.39, 0.29) is 0 Å². The molecular weight excluding hydrogens is 238 g/mol. The first-order valence-electron chi connectivity index (χ1n) is 6.73. The molecule has 2 N–H and O–H groups in total. The van der Waals surface area contributed by atoms with Gasteiger partial charge in [0.1, 0.15) is 11.6 Å². The number of anilines is 1. The first-order valence-corrected chi connectivity index (χ1v) is 6.73. The summed E-state index contributed by atoms with van der Waals surface area (Å²) in [5.74, 6) is 1.81. The fourth-order valence-corrected chi connectivity index (χ4v) is 2.09. The van der Waals surface area contributed by atoms with Crippen molar-refractivity contribution in [2.75, 3.05) is 32.1 Å². The minimum Gasteiger partial charge on any atom is -0.496 e. The van der Waals surface area contributed by atoms with Crippen LogP contribution in [0.2, 0.25) is 0 Å². The van der Waals surface area contributed by atoms with Crippen LogP contribution in [0.5, 0.6) is 5.75 Å². The standard InChI is InChI=1S/C15H21N3O/c1-3-16-9-5-10-17-15-13-6-4-7-14(19-2)12(13)8-11-18-15/h4,6-8,11,16H,3,5,9-10H2,1-2H3,(H,17,18). The summed E-state index contributed by atoms with van der Waals surface area (Å²) in [5.41, 5.74) is 0. The molecule has 4 nitrogen and oxygen atoms in total. The molecule has 0 aliphatic carbocycles. The van der Waals surface area contributed by atoms with Crippen molar-refractivity contribution < 1.29 is 4.74 Å². The Hall–Kier alpha value is -1.81. The monoisotopic (exact) mass is 259 g/mol. The number of methoxy groups -OCH3 is 1. The second-order valence-corrected chi connectivity index (χ2v) is 4.35. The molecule has 0 spiro atoms. The molecule has 0 aliphatic rings. The summed E-state index contributed by atoms with van der Waals surface area (Å²) in [6.07, 6.45) is 2.90. The van der Waals surface area contributed by atoms with Crippen LogP contribution in [0.3, 0.4) is 0 Å². The molecule has 1 heterocycles. The first kappa shape index (κ1) is 13.6. The molecule has 0 aliphatic heterocycles. The normalized spacial score (nSPS) is 10.6. The zero-order chi connectivity index (χ0) is 13.5. The van der Waals surface area contributed by atoms with Crippen LogP contribution >= 0.6 is 0 Å². The Bertz CT molecular complexity index is 528. The molecule has 4 heteroatoms. The third-order valence-electron chi connectivity index (χ3n) is 3.06. The van der Waals surface area contributed by atoms with Crippen LogP contribution in [0, 0.1) is 0 Å². The molecular formula is C15H21N3O. The van der Waals surface area contributed by atoms with Crippen LogP contribution in [0.25, 0.3) is 10.8 Å². The number of ether oxygens (including phenoxy) is 1. The largest absolute Gasteiger partial charge is 0.496 e. The van der Waals surface area contributed by atoms with Gasteiger partial charge in [-0.3, -0.25) is 0 Å². The highest BCUT2D eigenvalue weighted by molar-refractivity contribution is 5.95. The Kier molecular flexibility index (Phi) is 4.98. The summed E-state index contributed by atoms with van der Waals surface area (Å²) < 4.78 is 5.37. The highest BCUT2D eigenvalue weighted by Gasteiger charge is 2.05. The lowest BCUT2D eigenvalue weighted by Crippen LogP contribution is -2.17. The van der Waals surface area contributed by atoms with Crippen LogP contribution in [0.4, 0.5) is 5.82 Å². The van der Waals surface area contributed by atoms with Gasteiger partial charge in [0.05, 0.1) is 7.11 Å². The van der Waals surface area contributed by atoms with Crippen LogP contribution in [-0.4, -0.2) is 31.7 Å². The highest BCUT2D eigenvalue weighted by atomic mass is 16.5. The summed E-state index contributed by atoms with van der Waals surface area (Å²) in [6.45, 7) is 5.07. The molecule has 102 valence electrons. The molecule has 19 heavy (non-hydrogen) atoms. The molecule has 0 unspecified atom stereocenters. The Morgan fingerprint density at radius 2 is 2.05 bits per heavy atom. The third-order valence-corrected chi connectivity index (χ3v) is 3.06. The van der Waals surface area contributed by atoms with Crippen molar-refractivity contribution in [3.8, 4) is 5.75 Å². The van der Waals surface area contributed by atoms with Crippen molar-refractivity contribution in [1.82, 2.24) is 10.3 Å². The molecule has 0 fully saturated rings. The van der Waals surface area contributed by atoms with Gasteiger partial charge in [-0.05, 0) is 31.6 Å². The Morgan fingerprint density at radius 3 is 2.84 bits per heavy atom. The molecule has 0 amide bonds. The molecule has 0 saturated heterocycles. The van der Waals surface area contributed by atoms with Gasteiger partial charge in [0.25, 0.3) is 0 Å². The molecule has 0 bridgehead atoms. The second-order valence-electron chi connectivity index (χ2n) is 4.35. The van der Waals surface area contributed by atoms with E-state index in [1.807, 2.05) is 24.4 Å². The number of nitrogens with one attached hydrogen (secondary N) is 2. The Balaban J connectivity index is 2.10. The molecule has 0 radical (unpaired) electrons. The predicted octanol–water partition coefficient (Wildman–Crippen LogP) is 2.65. The quantitative estimate of drug-likeness (QED) is 0.750. The predicted molar refractivity (Wildman–Crippen MR) is 79.9 cm³/mol. The smallest absolute Gasteiger partial charge is 0.133 e. The average Bonchev–Trinajstić information content (AvgIpc) is 2.46. The summed E-state index contributed by atoms with van der Waals surface area (Å²) in [5, 5.41) is 8.89. The maximum Gasteiger partial charge on any atom is 0.133 e. The van der Waals surface area contributed by atoms with Gasteiger partial charge in [0.2, 0.25) is 0 Å². The summed E-state index contributed by atoms with van der Waals surface area (Å²) in [7, 11) is 1.69. The second kappa shape index (κ2) is 6.95. The molecule has 2 aromatic rings. The summed E-state index contributed by atoms with van der Waals surface area (Å²) in [6, 6.07) is 8.01. The molecule has 0 saturated carbocycles. The van der Waals surface area contributed by atoms with Gasteiger partial charge in [-0.15, -0.1) is 0 Å². The van der Waals surface area contributed by atoms with Crippen molar-refractivity contribution in [3.05, 3.63) is 30.5 Å². The van der Waals surface area contributed by atoms with Crippen molar-refractivity contribution in [3.63, 3.8) is 0 Å². The third kappa shape index (κ3) is 3.35. The maximum absolute atomic E-state index is 5.37. The van der Waals surface area contributed by atoms with Gasteiger partial charge in [0, 0.05) is 23.5 Å². The number of nitrogens with zero attached hydrogens (tertiary/aromatic N) is 1. The fourth-order valence-electron chi connectivity index (χ4n) is 2.09. The molecule has 1 aromatic heterocycles. The summed E-state index contributed by atoms with van der Waals surface area (Å²) in [4.78, 5) is 4.41. The molecule has 1 aromatic carbocycles. The van der Waals surface area contributed by atoms with E-state index in [4.69, 9.17) is 4.74 Å². The van der Waals surface area contributed by atoms with Crippen LogP contribution in [0.15, 0.2) is 30.5 Å². The lowest BCUT2D eigenvalue weighted by molar-refractivity contribution is 0.420. The Labute approximate surface area is 114 Å². The Morgan fingerprint density at radius 1 is 1.16 bits per heavy atom. The van der Waals surface area contributed by atoms with E-state index in [2.05, 4.69) is 28.6 Å². The number of rotatable bonds is 7. The van der Waals surface area contributed by atoms with E-state index in [0.717, 1.165) is 48.4 Å². The van der Waals surface area contributed by atoms with E-state index < -0.39 is 0 Å². The topological polar surface area (TPSA) is 46.2 Å². The van der Waals surface area contributed by atoms with Gasteiger partial charge in [-0.2, -0.15) is 0 Å². The highest BCUT2D eigenvalue weighted by Crippen LogP contribution is 2.28. The number of hydrogen-bond donors (Lipinski definition) is 2. The number of aromatic nitrogens is 1. The first-order chi connectivity index (χ1) is 9.36. The van der Waals surface area contributed by atoms with E-state index >= 15 is 0 Å². The lowest BCUT2D eigenvalue weighted by Gasteiger charge is -2.10. The summed E-state index contributed by atoms with van der Waals surface area (Å²) >= 11 is 0. The van der Waals surface area contributed by atoms with E-state index in [0.29, 0.717) is 0 Å². The van der Waals surface area contributed by atoms with Gasteiger partial charge in [-0.25, -0.2) is 4.98 Å².